The molecule has 0 aromatic heterocycles. The zero-order valence-electron chi connectivity index (χ0n) is 43.9. The molecule has 380 valence electrons. The molecular formula is C57H114NO4W-3. The summed E-state index contributed by atoms with van der Waals surface area (Å²) < 4.78 is 11.3. The van der Waals surface area contributed by atoms with Crippen molar-refractivity contribution in [1.29, 1.82) is 0 Å². The SMILES string of the molecule is [CH2-]CCCCCCCCCOC(=O)C(CCCCCC)CCCCCCCCC.[CH2-]CCCCCCCCOC(=O)C(CCCCCC)CCCCCCCCC.[CH2-]CN(C)C.[W]. The minimum absolute atomic E-state index is 0. The number of carbonyl (C=O) groups is 2. The molecule has 0 heterocycles. The molecule has 0 amide bonds. The number of esters is 2. The second-order valence-corrected chi connectivity index (χ2v) is 18.9. The maximum atomic E-state index is 12.6. The van der Waals surface area contributed by atoms with Crippen LogP contribution in [0.2, 0.25) is 0 Å². The van der Waals surface area contributed by atoms with E-state index >= 15 is 0 Å². The summed E-state index contributed by atoms with van der Waals surface area (Å²) in [7, 11) is 3.99. The van der Waals surface area contributed by atoms with Crippen LogP contribution in [0.4, 0.5) is 0 Å². The molecule has 0 bridgehead atoms. The van der Waals surface area contributed by atoms with E-state index in [0.29, 0.717) is 13.2 Å². The van der Waals surface area contributed by atoms with Crippen LogP contribution < -0.4 is 0 Å². The number of hydrogen-bond donors (Lipinski definition) is 0. The zero-order chi connectivity index (χ0) is 46.4. The van der Waals surface area contributed by atoms with E-state index in [1.165, 1.54) is 212 Å². The summed E-state index contributed by atoms with van der Waals surface area (Å²) in [5.41, 5.74) is 0. The van der Waals surface area contributed by atoms with Gasteiger partial charge < -0.3 is 35.1 Å². The van der Waals surface area contributed by atoms with Crippen molar-refractivity contribution in [2.24, 2.45) is 11.8 Å². The number of unbranched alkanes of at least 4 members (excludes halogenated alkanes) is 31. The van der Waals surface area contributed by atoms with Gasteiger partial charge in [0.25, 0.3) is 0 Å². The fourth-order valence-electron chi connectivity index (χ4n) is 7.82. The van der Waals surface area contributed by atoms with Gasteiger partial charge in [0.1, 0.15) is 0 Å². The van der Waals surface area contributed by atoms with Gasteiger partial charge in [-0.3, -0.25) is 9.59 Å². The molecule has 0 aliphatic rings. The van der Waals surface area contributed by atoms with Gasteiger partial charge in [-0.25, -0.2) is 0 Å². The van der Waals surface area contributed by atoms with Crippen LogP contribution in [0.3, 0.4) is 0 Å². The Morgan fingerprint density at radius 1 is 0.365 bits per heavy atom. The molecule has 0 aliphatic carbocycles. The van der Waals surface area contributed by atoms with Gasteiger partial charge in [-0.1, -0.05) is 240 Å². The van der Waals surface area contributed by atoms with Crippen LogP contribution in [-0.4, -0.2) is 50.7 Å². The Labute approximate surface area is 412 Å². The van der Waals surface area contributed by atoms with Gasteiger partial charge in [0.2, 0.25) is 0 Å². The van der Waals surface area contributed by atoms with Crippen LogP contribution in [0.1, 0.15) is 291 Å². The molecule has 63 heavy (non-hydrogen) atoms. The van der Waals surface area contributed by atoms with E-state index in [4.69, 9.17) is 9.47 Å². The van der Waals surface area contributed by atoms with E-state index in [1.54, 1.807) is 0 Å². The summed E-state index contributed by atoms with van der Waals surface area (Å²) in [6.45, 7) is 22.5. The molecule has 6 heteroatoms. The molecular weight excluding hydrogens is 946 g/mol. The van der Waals surface area contributed by atoms with Crippen molar-refractivity contribution in [3.05, 3.63) is 20.8 Å². The van der Waals surface area contributed by atoms with Crippen molar-refractivity contribution < 1.29 is 40.1 Å². The molecule has 2 unspecified atom stereocenters. The van der Waals surface area contributed by atoms with Gasteiger partial charge >= 0.3 is 11.9 Å². The summed E-state index contributed by atoms with van der Waals surface area (Å²) in [6, 6.07) is 0. The number of ether oxygens (including phenoxy) is 2. The zero-order valence-corrected chi connectivity index (χ0v) is 46.8. The van der Waals surface area contributed by atoms with Crippen molar-refractivity contribution >= 4 is 11.9 Å². The fraction of sp³-hybridized carbons (Fsp3) is 0.912. The molecule has 0 aromatic carbocycles. The summed E-state index contributed by atoms with van der Waals surface area (Å²) in [6.07, 6.45) is 50.5. The Hall–Kier alpha value is -0.412. The number of hydrogen-bond acceptors (Lipinski definition) is 5. The van der Waals surface area contributed by atoms with Crippen LogP contribution in [0.25, 0.3) is 0 Å². The quantitative estimate of drug-likeness (QED) is 0.0345. The van der Waals surface area contributed by atoms with Crippen molar-refractivity contribution in [3.63, 3.8) is 0 Å². The van der Waals surface area contributed by atoms with Gasteiger partial charge in [0, 0.05) is 21.1 Å². The molecule has 0 rings (SSSR count). The maximum absolute atomic E-state index is 12.6. The monoisotopic (exact) mass is 1060 g/mol. The predicted molar refractivity (Wildman–Crippen MR) is 276 cm³/mol. The van der Waals surface area contributed by atoms with E-state index in [-0.39, 0.29) is 44.8 Å². The van der Waals surface area contributed by atoms with E-state index in [0.717, 1.165) is 57.9 Å². The van der Waals surface area contributed by atoms with Gasteiger partial charge in [-0.15, -0.1) is 6.54 Å². The Morgan fingerprint density at radius 3 is 0.810 bits per heavy atom. The van der Waals surface area contributed by atoms with Crippen molar-refractivity contribution in [3.8, 4) is 0 Å². The molecule has 0 aliphatic heterocycles. The van der Waals surface area contributed by atoms with Crippen molar-refractivity contribution in [1.82, 2.24) is 4.90 Å². The predicted octanol–water partition coefficient (Wildman–Crippen LogP) is 18.4. The van der Waals surface area contributed by atoms with Gasteiger partial charge in [-0.05, 0) is 52.6 Å². The topological polar surface area (TPSA) is 55.8 Å². The Balaban J connectivity index is -0.000000491. The average Bonchev–Trinajstić information content (AvgIpc) is 3.27. The number of nitrogens with zero attached hydrogens (tertiary/aromatic N) is 1. The number of carbonyl (C=O) groups excluding carboxylic acids is 2. The molecule has 0 radical (unpaired) electrons. The van der Waals surface area contributed by atoms with E-state index < -0.39 is 0 Å². The van der Waals surface area contributed by atoms with Crippen LogP contribution in [0.5, 0.6) is 0 Å². The number of rotatable bonds is 46. The van der Waals surface area contributed by atoms with Gasteiger partial charge in [0.05, 0.1) is 25.0 Å². The first-order valence-corrected chi connectivity index (χ1v) is 27.6. The van der Waals surface area contributed by atoms with E-state index in [1.807, 2.05) is 19.0 Å². The molecule has 2 atom stereocenters. The first kappa shape index (κ1) is 69.2. The third kappa shape index (κ3) is 59.6. The van der Waals surface area contributed by atoms with Crippen molar-refractivity contribution in [2.75, 3.05) is 33.9 Å². The minimum Gasteiger partial charge on any atom is -0.465 e. The third-order valence-electron chi connectivity index (χ3n) is 12.3. The molecule has 0 saturated carbocycles. The second kappa shape index (κ2) is 61.6. The first-order valence-electron chi connectivity index (χ1n) is 27.6. The Bertz CT molecular complexity index is 839. The normalized spacial score (nSPS) is 11.8. The van der Waals surface area contributed by atoms with Gasteiger partial charge in [0.15, 0.2) is 0 Å². The maximum Gasteiger partial charge on any atom is 0.308 e. The van der Waals surface area contributed by atoms with Crippen molar-refractivity contribution in [2.45, 2.75) is 291 Å². The molecule has 0 fully saturated rings. The third-order valence-corrected chi connectivity index (χ3v) is 12.3. The summed E-state index contributed by atoms with van der Waals surface area (Å²) in [4.78, 5) is 27.2. The molecule has 0 spiro atoms. The Kier molecular flexibility index (Phi) is 67.6. The van der Waals surface area contributed by atoms with Crippen LogP contribution in [-0.2, 0) is 40.1 Å². The molecule has 0 saturated heterocycles. The summed E-state index contributed by atoms with van der Waals surface area (Å²) in [5.74, 6) is 0.456. The van der Waals surface area contributed by atoms with Crippen LogP contribution in [0.15, 0.2) is 0 Å². The largest absolute Gasteiger partial charge is 0.465 e. The second-order valence-electron chi connectivity index (χ2n) is 18.9. The summed E-state index contributed by atoms with van der Waals surface area (Å²) >= 11 is 0. The summed E-state index contributed by atoms with van der Waals surface area (Å²) in [5, 5.41) is 0. The fourth-order valence-corrected chi connectivity index (χ4v) is 7.82. The van der Waals surface area contributed by atoms with Crippen LogP contribution in [0, 0.1) is 32.6 Å². The first-order chi connectivity index (χ1) is 30.3. The minimum atomic E-state index is 0. The average molecular weight is 1060 g/mol. The van der Waals surface area contributed by atoms with E-state index in [9.17, 15) is 9.59 Å². The van der Waals surface area contributed by atoms with Gasteiger partial charge in [-0.2, -0.15) is 12.8 Å². The van der Waals surface area contributed by atoms with E-state index in [2.05, 4.69) is 48.5 Å². The Morgan fingerprint density at radius 2 is 0.571 bits per heavy atom. The molecule has 5 nitrogen and oxygen atoms in total. The smallest absolute Gasteiger partial charge is 0.308 e. The standard InChI is InChI=1S/C27H53O2.C26H51O2.C4H10N.W/c1-4-7-10-13-15-17-19-22-25-29-27(28)26(23-20-12-9-6-3)24-21-18-16-14-11-8-5-2;1-4-7-10-13-15-17-20-23-25(22-19-12-9-6-3)26(27)28-24-21-18-16-14-11-8-5-2;1-4-5(2)3;/h26H,1,4-25H2,2-3H3;25H,2,4-24H2,1,3H3;1,4H2,2-3H3;/q3*-1;. The molecule has 0 aromatic rings. The van der Waals surface area contributed by atoms with Crippen LogP contribution >= 0.6 is 0 Å². The molecule has 0 N–H and O–H groups in total.